The van der Waals surface area contributed by atoms with Gasteiger partial charge in [-0.1, -0.05) is 0 Å². The molecule has 3 heterocycles. The third-order valence-corrected chi connectivity index (χ3v) is 5.63. The van der Waals surface area contributed by atoms with Crippen LogP contribution in [0.2, 0.25) is 0 Å². The normalized spacial score (nSPS) is 21.4. The summed E-state index contributed by atoms with van der Waals surface area (Å²) in [4.78, 5) is 26.8. The molecule has 4 rings (SSSR count). The van der Waals surface area contributed by atoms with Gasteiger partial charge in [-0.2, -0.15) is 0 Å². The highest BCUT2D eigenvalue weighted by molar-refractivity contribution is 5.97. The van der Waals surface area contributed by atoms with Gasteiger partial charge >= 0.3 is 0 Å². The number of likely N-dealkylation sites (tertiary alicyclic amines) is 2. The number of aryl methyl sites for hydroxylation is 2. The number of fused-ring (bicyclic) bond motifs is 1. The van der Waals surface area contributed by atoms with Crippen molar-refractivity contribution in [2.75, 3.05) is 26.2 Å². The number of rotatable bonds is 3. The molecule has 0 spiro atoms. The molecule has 5 heteroatoms. The zero-order chi connectivity index (χ0) is 17.4. The van der Waals surface area contributed by atoms with Crippen molar-refractivity contribution in [2.45, 2.75) is 45.6 Å². The average Bonchev–Trinajstić information content (AvgIpc) is 3.27. The lowest BCUT2D eigenvalue weighted by Crippen LogP contribution is -2.42. The Bertz CT molecular complexity index is 798. The molecule has 1 amide bonds. The first kappa shape index (κ1) is 16.5. The van der Waals surface area contributed by atoms with Crippen LogP contribution in [0.15, 0.2) is 18.2 Å². The lowest BCUT2D eigenvalue weighted by Gasteiger charge is -2.28. The van der Waals surface area contributed by atoms with Gasteiger partial charge in [0.2, 0.25) is 0 Å². The molecule has 0 N–H and O–H groups in total. The molecule has 1 atom stereocenters. The van der Waals surface area contributed by atoms with Crippen LogP contribution in [0.3, 0.4) is 0 Å². The van der Waals surface area contributed by atoms with Gasteiger partial charge in [0.25, 0.3) is 5.91 Å². The third-order valence-electron chi connectivity index (χ3n) is 5.63. The maximum Gasteiger partial charge on any atom is 0.254 e. The fourth-order valence-electron chi connectivity index (χ4n) is 4.09. The van der Waals surface area contributed by atoms with E-state index in [1.165, 1.54) is 25.9 Å². The fourth-order valence-corrected chi connectivity index (χ4v) is 4.09. The van der Waals surface area contributed by atoms with Crippen molar-refractivity contribution < 1.29 is 4.79 Å². The lowest BCUT2D eigenvalue weighted by atomic mass is 10.1. The molecule has 2 fully saturated rings. The summed E-state index contributed by atoms with van der Waals surface area (Å²) in [6, 6.07) is 6.09. The van der Waals surface area contributed by atoms with E-state index in [-0.39, 0.29) is 5.91 Å². The summed E-state index contributed by atoms with van der Waals surface area (Å²) in [5.41, 5.74) is 4.26. The molecule has 2 saturated heterocycles. The number of benzene rings is 1. The Morgan fingerprint density at radius 1 is 1.04 bits per heavy atom. The van der Waals surface area contributed by atoms with Crippen LogP contribution in [-0.4, -0.2) is 57.9 Å². The molecule has 2 aromatic rings. The minimum Gasteiger partial charge on any atom is -0.334 e. The number of aromatic nitrogens is 2. The zero-order valence-corrected chi connectivity index (χ0v) is 15.2. The molecular formula is C20H26N4O. The summed E-state index contributed by atoms with van der Waals surface area (Å²) >= 11 is 0. The van der Waals surface area contributed by atoms with E-state index in [9.17, 15) is 4.79 Å². The summed E-state index contributed by atoms with van der Waals surface area (Å²) in [6.07, 6.45) is 4.81. The maximum absolute atomic E-state index is 13.1. The van der Waals surface area contributed by atoms with E-state index in [0.717, 1.165) is 53.9 Å². The second kappa shape index (κ2) is 6.71. The fraction of sp³-hybridized carbons (Fsp3) is 0.550. The first-order valence-electron chi connectivity index (χ1n) is 9.40. The van der Waals surface area contributed by atoms with E-state index in [1.54, 1.807) is 0 Å². The second-order valence-electron chi connectivity index (χ2n) is 7.40. The van der Waals surface area contributed by atoms with Crippen molar-refractivity contribution in [3.05, 3.63) is 35.2 Å². The lowest BCUT2D eigenvalue weighted by molar-refractivity contribution is 0.0709. The van der Waals surface area contributed by atoms with Crippen LogP contribution in [-0.2, 0) is 0 Å². The van der Waals surface area contributed by atoms with Gasteiger partial charge in [-0.3, -0.25) is 4.79 Å². The average molecular weight is 338 g/mol. The molecule has 1 aromatic carbocycles. The highest BCUT2D eigenvalue weighted by Gasteiger charge is 2.31. The Kier molecular flexibility index (Phi) is 4.42. The summed E-state index contributed by atoms with van der Waals surface area (Å²) in [5.74, 6) is 0.142. The number of hydrogen-bond donors (Lipinski definition) is 0. The topological polar surface area (TPSA) is 49.3 Å². The van der Waals surface area contributed by atoms with Crippen LogP contribution in [0, 0.1) is 13.8 Å². The molecule has 2 aliphatic rings. The van der Waals surface area contributed by atoms with E-state index in [4.69, 9.17) is 0 Å². The number of hydrogen-bond acceptors (Lipinski definition) is 4. The quantitative estimate of drug-likeness (QED) is 0.863. The van der Waals surface area contributed by atoms with Crippen molar-refractivity contribution in [3.8, 4) is 0 Å². The minimum atomic E-state index is 0.142. The van der Waals surface area contributed by atoms with Gasteiger partial charge in [0.05, 0.1) is 22.4 Å². The first-order valence-corrected chi connectivity index (χ1v) is 9.40. The predicted octanol–water partition coefficient (Wildman–Crippen LogP) is 2.95. The maximum atomic E-state index is 13.1. The third kappa shape index (κ3) is 3.25. The van der Waals surface area contributed by atoms with Crippen LogP contribution in [0.4, 0.5) is 0 Å². The predicted molar refractivity (Wildman–Crippen MR) is 98.7 cm³/mol. The largest absolute Gasteiger partial charge is 0.334 e. The van der Waals surface area contributed by atoms with Crippen LogP contribution in [0.1, 0.15) is 47.4 Å². The summed E-state index contributed by atoms with van der Waals surface area (Å²) in [6.45, 7) is 8.19. The van der Waals surface area contributed by atoms with Gasteiger partial charge in [-0.15, -0.1) is 0 Å². The van der Waals surface area contributed by atoms with Crippen molar-refractivity contribution in [3.63, 3.8) is 0 Å². The van der Waals surface area contributed by atoms with E-state index >= 15 is 0 Å². The SMILES string of the molecule is Cc1nc2ccc(C(=O)N3CCC[C@@H]3CN3CCCC3)cc2nc1C. The van der Waals surface area contributed by atoms with Gasteiger partial charge in [-0.25, -0.2) is 9.97 Å². The van der Waals surface area contributed by atoms with E-state index < -0.39 is 0 Å². The number of nitrogens with zero attached hydrogens (tertiary/aromatic N) is 4. The van der Waals surface area contributed by atoms with Crippen LogP contribution in [0.25, 0.3) is 11.0 Å². The van der Waals surface area contributed by atoms with Crippen molar-refractivity contribution in [1.29, 1.82) is 0 Å². The molecule has 0 aliphatic carbocycles. The molecular weight excluding hydrogens is 312 g/mol. The van der Waals surface area contributed by atoms with Crippen LogP contribution >= 0.6 is 0 Å². The van der Waals surface area contributed by atoms with Crippen molar-refractivity contribution in [2.24, 2.45) is 0 Å². The molecule has 0 bridgehead atoms. The second-order valence-corrected chi connectivity index (χ2v) is 7.40. The minimum absolute atomic E-state index is 0.142. The molecule has 25 heavy (non-hydrogen) atoms. The summed E-state index contributed by atoms with van der Waals surface area (Å²) in [7, 11) is 0. The monoisotopic (exact) mass is 338 g/mol. The van der Waals surface area contributed by atoms with Crippen LogP contribution in [0.5, 0.6) is 0 Å². The number of carbonyl (C=O) groups is 1. The van der Waals surface area contributed by atoms with E-state index in [0.29, 0.717) is 6.04 Å². The van der Waals surface area contributed by atoms with Crippen molar-refractivity contribution in [1.82, 2.24) is 19.8 Å². The highest BCUT2D eigenvalue weighted by atomic mass is 16.2. The highest BCUT2D eigenvalue weighted by Crippen LogP contribution is 2.24. The molecule has 0 unspecified atom stereocenters. The molecule has 0 radical (unpaired) electrons. The smallest absolute Gasteiger partial charge is 0.254 e. The molecule has 1 aromatic heterocycles. The van der Waals surface area contributed by atoms with E-state index in [2.05, 4.69) is 19.8 Å². The Morgan fingerprint density at radius 3 is 2.52 bits per heavy atom. The Hall–Kier alpha value is -2.01. The van der Waals surface area contributed by atoms with Gasteiger partial charge < -0.3 is 9.80 Å². The van der Waals surface area contributed by atoms with Gasteiger partial charge in [0.1, 0.15) is 0 Å². The molecule has 132 valence electrons. The summed E-state index contributed by atoms with van der Waals surface area (Å²) < 4.78 is 0. The van der Waals surface area contributed by atoms with Crippen molar-refractivity contribution >= 4 is 16.9 Å². The van der Waals surface area contributed by atoms with Gasteiger partial charge in [0.15, 0.2) is 0 Å². The molecule has 5 nitrogen and oxygen atoms in total. The van der Waals surface area contributed by atoms with Crippen LogP contribution < -0.4 is 0 Å². The Labute approximate surface area is 149 Å². The van der Waals surface area contributed by atoms with E-state index in [1.807, 2.05) is 32.0 Å². The molecule has 2 aliphatic heterocycles. The van der Waals surface area contributed by atoms with Gasteiger partial charge in [0, 0.05) is 24.7 Å². The number of carbonyl (C=O) groups excluding carboxylic acids is 1. The standard InChI is InChI=1S/C20H26N4O/c1-14-15(2)22-19-12-16(7-8-18(19)21-14)20(25)24-11-5-6-17(24)13-23-9-3-4-10-23/h7-8,12,17H,3-6,9-11,13H2,1-2H3/t17-/m1/s1. The Balaban J connectivity index is 1.56. The number of amides is 1. The Morgan fingerprint density at radius 2 is 1.76 bits per heavy atom. The summed E-state index contributed by atoms with van der Waals surface area (Å²) in [5, 5.41) is 0. The van der Waals surface area contributed by atoms with Gasteiger partial charge in [-0.05, 0) is 70.8 Å². The zero-order valence-electron chi connectivity index (χ0n) is 15.2. The molecule has 0 saturated carbocycles. The first-order chi connectivity index (χ1) is 12.1.